The van der Waals surface area contributed by atoms with Crippen molar-refractivity contribution in [1.82, 2.24) is 10.2 Å². The molecule has 0 spiro atoms. The van der Waals surface area contributed by atoms with Crippen molar-refractivity contribution >= 4 is 11.0 Å². The lowest BCUT2D eigenvalue weighted by molar-refractivity contribution is 0.244. The first kappa shape index (κ1) is 12.7. The monoisotopic (exact) mass is 258 g/mol. The zero-order valence-electron chi connectivity index (χ0n) is 11.8. The lowest BCUT2D eigenvalue weighted by atomic mass is 10.1. The standard InChI is InChI=1S/C16H22N2O/c1-12-13(2)19-16-4-3-14(11-15(12)16)5-8-18-9-6-17-7-10-18/h3-4,11,17H,5-10H2,1-2H3. The van der Waals surface area contributed by atoms with Crippen LogP contribution in [-0.2, 0) is 6.42 Å². The molecule has 0 amide bonds. The van der Waals surface area contributed by atoms with Gasteiger partial charge in [-0.1, -0.05) is 6.07 Å². The lowest BCUT2D eigenvalue weighted by Gasteiger charge is -2.27. The molecule has 2 aromatic rings. The summed E-state index contributed by atoms with van der Waals surface area (Å²) in [5.41, 5.74) is 3.70. The maximum absolute atomic E-state index is 5.73. The van der Waals surface area contributed by atoms with Gasteiger partial charge >= 0.3 is 0 Å². The molecule has 0 aliphatic carbocycles. The second-order valence-electron chi connectivity index (χ2n) is 5.46. The number of benzene rings is 1. The van der Waals surface area contributed by atoms with Gasteiger partial charge in [0.1, 0.15) is 11.3 Å². The van der Waals surface area contributed by atoms with Crippen LogP contribution in [0.3, 0.4) is 0 Å². The first-order chi connectivity index (χ1) is 9.24. The summed E-state index contributed by atoms with van der Waals surface area (Å²) in [6, 6.07) is 6.61. The van der Waals surface area contributed by atoms with E-state index in [0.29, 0.717) is 0 Å². The average Bonchev–Trinajstić information content (AvgIpc) is 2.73. The van der Waals surface area contributed by atoms with Crippen molar-refractivity contribution < 1.29 is 4.42 Å². The normalized spacial score (nSPS) is 17.2. The Morgan fingerprint density at radius 1 is 1.21 bits per heavy atom. The molecule has 19 heavy (non-hydrogen) atoms. The van der Waals surface area contributed by atoms with Gasteiger partial charge in [0.2, 0.25) is 0 Å². The summed E-state index contributed by atoms with van der Waals surface area (Å²) in [7, 11) is 0. The minimum Gasteiger partial charge on any atom is -0.461 e. The van der Waals surface area contributed by atoms with Gasteiger partial charge in [-0.25, -0.2) is 0 Å². The van der Waals surface area contributed by atoms with E-state index in [1.165, 1.54) is 29.6 Å². The molecule has 1 aliphatic heterocycles. The van der Waals surface area contributed by atoms with E-state index in [9.17, 15) is 0 Å². The zero-order valence-corrected chi connectivity index (χ0v) is 11.8. The van der Waals surface area contributed by atoms with Crippen LogP contribution in [0.5, 0.6) is 0 Å². The Morgan fingerprint density at radius 2 is 2.00 bits per heavy atom. The van der Waals surface area contributed by atoms with Crippen LogP contribution < -0.4 is 5.32 Å². The fraction of sp³-hybridized carbons (Fsp3) is 0.500. The van der Waals surface area contributed by atoms with E-state index in [1.807, 2.05) is 6.92 Å². The maximum Gasteiger partial charge on any atom is 0.134 e. The summed E-state index contributed by atoms with van der Waals surface area (Å²) in [6.07, 6.45) is 1.12. The average molecular weight is 258 g/mol. The van der Waals surface area contributed by atoms with Crippen molar-refractivity contribution in [2.75, 3.05) is 32.7 Å². The Hall–Kier alpha value is -1.32. The topological polar surface area (TPSA) is 28.4 Å². The highest BCUT2D eigenvalue weighted by molar-refractivity contribution is 5.82. The molecule has 2 heterocycles. The smallest absolute Gasteiger partial charge is 0.134 e. The first-order valence-corrected chi connectivity index (χ1v) is 7.16. The summed E-state index contributed by atoms with van der Waals surface area (Å²) >= 11 is 0. The summed E-state index contributed by atoms with van der Waals surface area (Å²) in [6.45, 7) is 9.93. The molecule has 1 aromatic heterocycles. The summed E-state index contributed by atoms with van der Waals surface area (Å²) in [4.78, 5) is 2.54. The molecule has 3 heteroatoms. The highest BCUT2D eigenvalue weighted by Gasteiger charge is 2.10. The Balaban J connectivity index is 1.72. The third-order valence-corrected chi connectivity index (χ3v) is 4.17. The molecule has 3 rings (SSSR count). The summed E-state index contributed by atoms with van der Waals surface area (Å²) < 4.78 is 5.73. The number of nitrogens with zero attached hydrogens (tertiary/aromatic N) is 1. The number of piperazine rings is 1. The van der Waals surface area contributed by atoms with Crippen molar-refractivity contribution in [1.29, 1.82) is 0 Å². The Morgan fingerprint density at radius 3 is 2.79 bits per heavy atom. The molecule has 1 N–H and O–H groups in total. The van der Waals surface area contributed by atoms with E-state index in [4.69, 9.17) is 4.42 Å². The van der Waals surface area contributed by atoms with Crippen molar-refractivity contribution in [2.45, 2.75) is 20.3 Å². The predicted octanol–water partition coefficient (Wildman–Crippen LogP) is 2.50. The van der Waals surface area contributed by atoms with Crippen molar-refractivity contribution in [2.24, 2.45) is 0 Å². The van der Waals surface area contributed by atoms with Crippen LogP contribution in [0.1, 0.15) is 16.9 Å². The Bertz CT molecular complexity index is 567. The van der Waals surface area contributed by atoms with Crippen LogP contribution in [0.25, 0.3) is 11.0 Å². The number of aryl methyl sites for hydroxylation is 2. The van der Waals surface area contributed by atoms with Crippen LogP contribution >= 0.6 is 0 Å². The summed E-state index contributed by atoms with van der Waals surface area (Å²) in [5, 5.41) is 4.67. The second kappa shape index (κ2) is 5.35. The third kappa shape index (κ3) is 2.67. The molecule has 1 saturated heterocycles. The SMILES string of the molecule is Cc1oc2ccc(CCN3CCNCC3)cc2c1C. The molecular weight excluding hydrogens is 236 g/mol. The molecule has 0 bridgehead atoms. The predicted molar refractivity (Wildman–Crippen MR) is 78.7 cm³/mol. The quantitative estimate of drug-likeness (QED) is 0.917. The largest absolute Gasteiger partial charge is 0.461 e. The van der Waals surface area contributed by atoms with E-state index >= 15 is 0 Å². The molecular formula is C16H22N2O. The molecule has 0 unspecified atom stereocenters. The van der Waals surface area contributed by atoms with E-state index in [1.54, 1.807) is 0 Å². The van der Waals surface area contributed by atoms with Gasteiger partial charge in [-0.15, -0.1) is 0 Å². The van der Waals surface area contributed by atoms with Gasteiger partial charge in [0, 0.05) is 38.1 Å². The molecule has 1 aliphatic rings. The van der Waals surface area contributed by atoms with Gasteiger partial charge in [-0.3, -0.25) is 0 Å². The second-order valence-corrected chi connectivity index (χ2v) is 5.46. The van der Waals surface area contributed by atoms with Gasteiger partial charge in [0.25, 0.3) is 0 Å². The fourth-order valence-electron chi connectivity index (χ4n) is 2.77. The van der Waals surface area contributed by atoms with Crippen LogP contribution in [0.4, 0.5) is 0 Å². The number of hydrogen-bond acceptors (Lipinski definition) is 3. The number of fused-ring (bicyclic) bond motifs is 1. The molecule has 3 nitrogen and oxygen atoms in total. The van der Waals surface area contributed by atoms with Crippen molar-refractivity contribution in [3.8, 4) is 0 Å². The van der Waals surface area contributed by atoms with Crippen molar-refractivity contribution in [3.05, 3.63) is 35.1 Å². The third-order valence-electron chi connectivity index (χ3n) is 4.17. The van der Waals surface area contributed by atoms with Crippen LogP contribution in [0.15, 0.2) is 22.6 Å². The minimum absolute atomic E-state index is 1.01. The highest BCUT2D eigenvalue weighted by atomic mass is 16.3. The Labute approximate surface area is 114 Å². The zero-order chi connectivity index (χ0) is 13.2. The molecule has 0 radical (unpaired) electrons. The molecule has 1 fully saturated rings. The van der Waals surface area contributed by atoms with Crippen LogP contribution in [0, 0.1) is 13.8 Å². The van der Waals surface area contributed by atoms with Crippen LogP contribution in [-0.4, -0.2) is 37.6 Å². The Kier molecular flexibility index (Phi) is 3.58. The number of nitrogens with one attached hydrogen (secondary N) is 1. The minimum atomic E-state index is 1.01. The van der Waals surface area contributed by atoms with E-state index in [-0.39, 0.29) is 0 Å². The van der Waals surface area contributed by atoms with E-state index < -0.39 is 0 Å². The first-order valence-electron chi connectivity index (χ1n) is 7.16. The lowest BCUT2D eigenvalue weighted by Crippen LogP contribution is -2.44. The van der Waals surface area contributed by atoms with Crippen LogP contribution in [0.2, 0.25) is 0 Å². The van der Waals surface area contributed by atoms with Gasteiger partial charge in [0.15, 0.2) is 0 Å². The maximum atomic E-state index is 5.73. The van der Waals surface area contributed by atoms with Gasteiger partial charge in [-0.2, -0.15) is 0 Å². The number of furan rings is 1. The van der Waals surface area contributed by atoms with Gasteiger partial charge < -0.3 is 14.6 Å². The number of hydrogen-bond donors (Lipinski definition) is 1. The van der Waals surface area contributed by atoms with Gasteiger partial charge in [-0.05, 0) is 43.5 Å². The fourth-order valence-corrected chi connectivity index (χ4v) is 2.77. The molecule has 1 aromatic carbocycles. The van der Waals surface area contributed by atoms with E-state index in [0.717, 1.165) is 37.4 Å². The summed E-state index contributed by atoms with van der Waals surface area (Å²) in [5.74, 6) is 1.04. The number of rotatable bonds is 3. The molecule has 0 atom stereocenters. The van der Waals surface area contributed by atoms with Gasteiger partial charge in [0.05, 0.1) is 0 Å². The highest BCUT2D eigenvalue weighted by Crippen LogP contribution is 2.25. The van der Waals surface area contributed by atoms with E-state index in [2.05, 4.69) is 35.3 Å². The van der Waals surface area contributed by atoms with Crippen molar-refractivity contribution in [3.63, 3.8) is 0 Å². The molecule has 0 saturated carbocycles. The molecule has 102 valence electrons.